The van der Waals surface area contributed by atoms with Gasteiger partial charge in [0.25, 0.3) is 5.89 Å². The van der Waals surface area contributed by atoms with Crippen molar-refractivity contribution in [2.75, 3.05) is 7.11 Å². The summed E-state index contributed by atoms with van der Waals surface area (Å²) in [7, 11) is 1.63. The van der Waals surface area contributed by atoms with Crippen molar-refractivity contribution in [2.45, 2.75) is 31.6 Å². The summed E-state index contributed by atoms with van der Waals surface area (Å²) < 4.78 is 16.0. The molecule has 0 saturated heterocycles. The Balaban J connectivity index is 1.54. The molecule has 0 unspecified atom stereocenters. The van der Waals surface area contributed by atoms with Crippen LogP contribution in [0.3, 0.4) is 0 Å². The molecule has 1 aromatic carbocycles. The van der Waals surface area contributed by atoms with Gasteiger partial charge in [-0.25, -0.2) is 4.99 Å². The second-order valence-electron chi connectivity index (χ2n) is 5.02. The predicted molar refractivity (Wildman–Crippen MR) is 82.9 cm³/mol. The Labute approximate surface area is 133 Å². The van der Waals surface area contributed by atoms with Gasteiger partial charge in [-0.2, -0.15) is 4.98 Å². The van der Waals surface area contributed by atoms with E-state index < -0.39 is 0 Å². The number of aliphatic imine (C=N–C) groups is 1. The van der Waals surface area contributed by atoms with Crippen LogP contribution in [-0.4, -0.2) is 34.6 Å². The molecule has 0 amide bonds. The van der Waals surface area contributed by atoms with Gasteiger partial charge in [0.05, 0.1) is 24.4 Å². The molecule has 0 aliphatic heterocycles. The van der Waals surface area contributed by atoms with Crippen molar-refractivity contribution in [3.05, 3.63) is 30.2 Å². The first-order valence-electron chi connectivity index (χ1n) is 6.94. The smallest absolute Gasteiger partial charge is 0.252 e. The van der Waals surface area contributed by atoms with Gasteiger partial charge in [0.2, 0.25) is 5.82 Å². The fraction of sp³-hybridized carbons (Fsp3) is 0.400. The maximum Gasteiger partial charge on any atom is 0.252 e. The molecule has 114 valence electrons. The van der Waals surface area contributed by atoms with Crippen molar-refractivity contribution in [3.8, 4) is 17.1 Å². The minimum absolute atomic E-state index is 0.174. The minimum atomic E-state index is 0.174. The third-order valence-electron chi connectivity index (χ3n) is 3.56. The molecule has 1 aromatic heterocycles. The van der Waals surface area contributed by atoms with Crippen molar-refractivity contribution in [1.29, 1.82) is 0 Å². The summed E-state index contributed by atoms with van der Waals surface area (Å²) >= 11 is 4.57. The van der Waals surface area contributed by atoms with Crippen LogP contribution in [0.4, 0.5) is 0 Å². The van der Waals surface area contributed by atoms with Crippen LogP contribution in [0.5, 0.6) is 5.75 Å². The summed E-state index contributed by atoms with van der Waals surface area (Å²) in [5.74, 6) is 1.79. The van der Waals surface area contributed by atoms with E-state index in [4.69, 9.17) is 14.0 Å². The monoisotopic (exact) mass is 317 g/mol. The number of aromatic nitrogens is 2. The number of thiocarbonyl (C=S) groups is 1. The van der Waals surface area contributed by atoms with Crippen LogP contribution in [0.15, 0.2) is 33.8 Å². The van der Waals surface area contributed by atoms with Gasteiger partial charge < -0.3 is 14.0 Å². The summed E-state index contributed by atoms with van der Waals surface area (Å²) in [4.78, 5) is 8.34. The lowest BCUT2D eigenvalue weighted by atomic mass is 9.90. The van der Waals surface area contributed by atoms with Crippen molar-refractivity contribution >= 4 is 17.4 Å². The fourth-order valence-corrected chi connectivity index (χ4v) is 2.36. The number of ether oxygens (including phenoxy) is 2. The van der Waals surface area contributed by atoms with E-state index in [1.807, 2.05) is 24.3 Å². The molecule has 0 bridgehead atoms. The second-order valence-corrected chi connectivity index (χ2v) is 5.20. The molecular weight excluding hydrogens is 302 g/mol. The Morgan fingerprint density at radius 2 is 2.14 bits per heavy atom. The maximum atomic E-state index is 5.69. The van der Waals surface area contributed by atoms with E-state index in [2.05, 4.69) is 32.5 Å². The van der Waals surface area contributed by atoms with Gasteiger partial charge in [-0.3, -0.25) is 0 Å². The molecule has 0 atom stereocenters. The van der Waals surface area contributed by atoms with Crippen molar-refractivity contribution in [3.63, 3.8) is 0 Å². The van der Waals surface area contributed by atoms with E-state index in [0.717, 1.165) is 24.2 Å². The van der Waals surface area contributed by atoms with E-state index in [-0.39, 0.29) is 12.1 Å². The molecule has 1 fully saturated rings. The largest absolute Gasteiger partial charge is 0.497 e. The molecule has 0 spiro atoms. The molecule has 1 aliphatic rings. The van der Waals surface area contributed by atoms with Crippen molar-refractivity contribution in [1.82, 2.24) is 10.1 Å². The summed E-state index contributed by atoms with van der Waals surface area (Å²) in [5, 5.41) is 6.36. The first-order chi connectivity index (χ1) is 10.8. The summed E-state index contributed by atoms with van der Waals surface area (Å²) in [5.41, 5.74) is 0.870. The Hall–Kier alpha value is -2.08. The molecule has 3 rings (SSSR count). The van der Waals surface area contributed by atoms with E-state index in [9.17, 15) is 0 Å². The molecule has 1 aliphatic carbocycles. The van der Waals surface area contributed by atoms with Gasteiger partial charge >= 0.3 is 0 Å². The van der Waals surface area contributed by atoms with E-state index in [0.29, 0.717) is 18.3 Å². The third kappa shape index (κ3) is 3.39. The van der Waals surface area contributed by atoms with Crippen molar-refractivity contribution < 1.29 is 14.0 Å². The average Bonchev–Trinajstić information content (AvgIpc) is 2.98. The minimum Gasteiger partial charge on any atom is -0.497 e. The van der Waals surface area contributed by atoms with Crippen LogP contribution in [-0.2, 0) is 11.3 Å². The van der Waals surface area contributed by atoms with Gasteiger partial charge in [0.1, 0.15) is 12.4 Å². The first-order valence-corrected chi connectivity index (χ1v) is 7.35. The number of hydrogen-bond donors (Lipinski definition) is 0. The van der Waals surface area contributed by atoms with Gasteiger partial charge in [-0.1, -0.05) is 5.16 Å². The molecule has 1 heterocycles. The summed E-state index contributed by atoms with van der Waals surface area (Å²) in [6.07, 6.45) is 1.90. The number of rotatable bonds is 6. The zero-order valence-corrected chi connectivity index (χ0v) is 12.9. The number of isothiocyanates is 1. The third-order valence-corrected chi connectivity index (χ3v) is 3.67. The Morgan fingerprint density at radius 3 is 2.82 bits per heavy atom. The summed E-state index contributed by atoms with van der Waals surface area (Å²) in [6, 6.07) is 7.72. The van der Waals surface area contributed by atoms with Crippen LogP contribution in [0.25, 0.3) is 11.4 Å². The Morgan fingerprint density at radius 1 is 1.36 bits per heavy atom. The Kier molecular flexibility index (Phi) is 4.58. The number of nitrogens with zero attached hydrogens (tertiary/aromatic N) is 3. The first kappa shape index (κ1) is 14.8. The fourth-order valence-electron chi connectivity index (χ4n) is 2.21. The van der Waals surface area contributed by atoms with Crippen molar-refractivity contribution in [2.24, 2.45) is 4.99 Å². The lowest BCUT2D eigenvalue weighted by molar-refractivity contribution is -0.0279. The van der Waals surface area contributed by atoms with Crippen LogP contribution in [0, 0.1) is 0 Å². The SMILES string of the molecule is COc1ccc(-c2noc(COC3CC(N=C=S)C3)n2)cc1. The lowest BCUT2D eigenvalue weighted by Crippen LogP contribution is -2.34. The van der Waals surface area contributed by atoms with E-state index >= 15 is 0 Å². The van der Waals surface area contributed by atoms with Gasteiger partial charge in [0.15, 0.2) is 0 Å². The van der Waals surface area contributed by atoms with Gasteiger partial charge in [-0.05, 0) is 49.3 Å². The molecule has 2 aromatic rings. The highest BCUT2D eigenvalue weighted by atomic mass is 32.1. The summed E-state index contributed by atoms with van der Waals surface area (Å²) in [6.45, 7) is 0.307. The predicted octanol–water partition coefficient (Wildman–Crippen LogP) is 2.90. The molecule has 0 radical (unpaired) electrons. The van der Waals surface area contributed by atoms with Gasteiger partial charge in [0, 0.05) is 5.56 Å². The second kappa shape index (κ2) is 6.79. The highest BCUT2D eigenvalue weighted by Crippen LogP contribution is 2.27. The van der Waals surface area contributed by atoms with E-state index in [1.165, 1.54) is 0 Å². The highest BCUT2D eigenvalue weighted by molar-refractivity contribution is 7.78. The molecule has 1 saturated carbocycles. The van der Waals surface area contributed by atoms with Gasteiger partial charge in [-0.15, -0.1) is 0 Å². The molecule has 0 N–H and O–H groups in total. The zero-order valence-electron chi connectivity index (χ0n) is 12.1. The average molecular weight is 317 g/mol. The quantitative estimate of drug-likeness (QED) is 0.603. The number of methoxy groups -OCH3 is 1. The molecule has 6 nitrogen and oxygen atoms in total. The topological polar surface area (TPSA) is 69.7 Å². The molecule has 7 heteroatoms. The molecule has 22 heavy (non-hydrogen) atoms. The van der Waals surface area contributed by atoms with E-state index in [1.54, 1.807) is 7.11 Å². The van der Waals surface area contributed by atoms with Crippen LogP contribution in [0.2, 0.25) is 0 Å². The van der Waals surface area contributed by atoms with Crippen LogP contribution >= 0.6 is 12.2 Å². The van der Waals surface area contributed by atoms with Crippen LogP contribution < -0.4 is 4.74 Å². The van der Waals surface area contributed by atoms with Crippen LogP contribution in [0.1, 0.15) is 18.7 Å². The highest BCUT2D eigenvalue weighted by Gasteiger charge is 2.29. The standard InChI is InChI=1S/C15H15N3O3S/c1-19-12-4-2-10(3-5-12)15-17-14(21-18-15)8-20-13-6-11(7-13)16-9-22/h2-5,11,13H,6-8H2,1H3. The zero-order chi connectivity index (χ0) is 15.4. The normalized spacial score (nSPS) is 20.0. The number of hydrogen-bond acceptors (Lipinski definition) is 7. The molecular formula is C15H15N3O3S. The lowest BCUT2D eigenvalue weighted by Gasteiger charge is -2.30. The number of benzene rings is 1. The Bertz CT molecular complexity index is 674. The maximum absolute atomic E-state index is 5.69.